The first-order valence-electron chi connectivity index (χ1n) is 7.08. The summed E-state index contributed by atoms with van der Waals surface area (Å²) in [5.41, 5.74) is -0.728. The summed E-state index contributed by atoms with van der Waals surface area (Å²) in [5.74, 6) is -1.53. The van der Waals surface area contributed by atoms with Gasteiger partial charge in [-0.3, -0.25) is 4.79 Å². The summed E-state index contributed by atoms with van der Waals surface area (Å²) >= 11 is 0. The fourth-order valence-electron chi connectivity index (χ4n) is 4.34. The van der Waals surface area contributed by atoms with Crippen molar-refractivity contribution in [1.29, 1.82) is 0 Å². The van der Waals surface area contributed by atoms with E-state index in [1.54, 1.807) is 6.92 Å². The molecule has 5 nitrogen and oxygen atoms in total. The Morgan fingerprint density at radius 1 is 1.50 bits per heavy atom. The Hall–Kier alpha value is -0.750. The van der Waals surface area contributed by atoms with E-state index in [0.29, 0.717) is 5.57 Å². The highest BCUT2D eigenvalue weighted by Gasteiger charge is 2.85. The lowest BCUT2D eigenvalue weighted by Crippen LogP contribution is -2.58. The van der Waals surface area contributed by atoms with Crippen LogP contribution < -0.4 is 0 Å². The molecule has 1 saturated heterocycles. The van der Waals surface area contributed by atoms with Crippen LogP contribution in [0.2, 0.25) is 0 Å². The van der Waals surface area contributed by atoms with Crippen LogP contribution in [0.4, 0.5) is 0 Å². The number of aliphatic hydroxyl groups is 2. The average molecular weight is 282 g/mol. The van der Waals surface area contributed by atoms with Crippen molar-refractivity contribution in [3.63, 3.8) is 0 Å². The van der Waals surface area contributed by atoms with Gasteiger partial charge in [0.05, 0.1) is 23.2 Å². The molecule has 1 heterocycles. The van der Waals surface area contributed by atoms with Crippen molar-refractivity contribution in [3.8, 4) is 0 Å². The highest BCUT2D eigenvalue weighted by molar-refractivity contribution is 6.03. The third-order valence-electron chi connectivity index (χ3n) is 5.19. The van der Waals surface area contributed by atoms with E-state index in [4.69, 9.17) is 9.47 Å². The van der Waals surface area contributed by atoms with Gasteiger partial charge in [-0.2, -0.15) is 0 Å². The summed E-state index contributed by atoms with van der Waals surface area (Å²) < 4.78 is 11.5. The molecule has 112 valence electrons. The number of rotatable bonds is 2. The van der Waals surface area contributed by atoms with E-state index in [1.165, 1.54) is 13.2 Å². The van der Waals surface area contributed by atoms with Crippen LogP contribution in [0.5, 0.6) is 0 Å². The molecule has 3 rings (SSSR count). The summed E-state index contributed by atoms with van der Waals surface area (Å²) in [6, 6.07) is 0. The van der Waals surface area contributed by atoms with Gasteiger partial charge in [-0.25, -0.2) is 0 Å². The van der Waals surface area contributed by atoms with E-state index in [0.717, 1.165) is 6.42 Å². The Bertz CT molecular complexity index is 494. The van der Waals surface area contributed by atoms with Gasteiger partial charge in [0.2, 0.25) is 11.6 Å². The molecule has 1 spiro atoms. The maximum atomic E-state index is 12.8. The topological polar surface area (TPSA) is 76.0 Å². The molecule has 0 aromatic carbocycles. The molecule has 0 aromatic rings. The first-order valence-corrected chi connectivity index (χ1v) is 7.08. The molecule has 0 bridgehead atoms. The third-order valence-corrected chi connectivity index (χ3v) is 5.19. The van der Waals surface area contributed by atoms with E-state index in [9.17, 15) is 15.0 Å². The zero-order chi connectivity index (χ0) is 14.9. The van der Waals surface area contributed by atoms with Crippen molar-refractivity contribution < 1.29 is 24.5 Å². The number of hydrogen-bond donors (Lipinski definition) is 2. The zero-order valence-electron chi connectivity index (χ0n) is 12.3. The predicted molar refractivity (Wildman–Crippen MR) is 70.8 cm³/mol. The van der Waals surface area contributed by atoms with Gasteiger partial charge in [0.15, 0.2) is 0 Å². The van der Waals surface area contributed by atoms with Crippen molar-refractivity contribution >= 4 is 5.78 Å². The second-order valence-corrected chi connectivity index (χ2v) is 6.80. The van der Waals surface area contributed by atoms with Gasteiger partial charge in [-0.15, -0.1) is 0 Å². The zero-order valence-corrected chi connectivity index (χ0v) is 12.3. The van der Waals surface area contributed by atoms with Gasteiger partial charge in [0.1, 0.15) is 0 Å². The number of aliphatic hydroxyl groups excluding tert-OH is 2. The molecule has 2 saturated carbocycles. The minimum Gasteiger partial charge on any atom is -0.392 e. The molecule has 3 fully saturated rings. The Kier molecular flexibility index (Phi) is 2.78. The molecular weight excluding hydrogens is 260 g/mol. The van der Waals surface area contributed by atoms with E-state index in [2.05, 4.69) is 0 Å². The van der Waals surface area contributed by atoms with Crippen molar-refractivity contribution in [1.82, 2.24) is 0 Å². The highest BCUT2D eigenvalue weighted by Crippen LogP contribution is 2.76. The fraction of sp³-hybridized carbons (Fsp3) is 0.800. The largest absolute Gasteiger partial charge is 0.392 e. The Morgan fingerprint density at radius 3 is 2.65 bits per heavy atom. The Morgan fingerprint density at radius 2 is 2.15 bits per heavy atom. The first-order chi connectivity index (χ1) is 9.21. The van der Waals surface area contributed by atoms with Gasteiger partial charge in [0, 0.05) is 25.0 Å². The fourth-order valence-corrected chi connectivity index (χ4v) is 4.34. The predicted octanol–water partition coefficient (Wildman–Crippen LogP) is 0.785. The monoisotopic (exact) mass is 282 g/mol. The van der Waals surface area contributed by atoms with Gasteiger partial charge in [-0.05, 0) is 33.3 Å². The standard InChI is InChI=1S/C15H22O5/c1-8(16)5-9-6-11(17)14-7-10(14)13(2,3)20-15(14,19-4)12(9)18/h5,8,10-11,16-17H,6-7H2,1-4H3/b9-5+/t8-,10-,11-,14?,15+/m0/s1. The molecule has 2 aliphatic carbocycles. The number of methoxy groups -OCH3 is 1. The summed E-state index contributed by atoms with van der Waals surface area (Å²) in [6.45, 7) is 5.45. The number of hydrogen-bond acceptors (Lipinski definition) is 5. The minimum absolute atomic E-state index is 0.127. The van der Waals surface area contributed by atoms with E-state index in [-0.39, 0.29) is 18.1 Å². The summed E-state index contributed by atoms with van der Waals surface area (Å²) in [4.78, 5) is 12.8. The van der Waals surface area contributed by atoms with E-state index >= 15 is 0 Å². The second kappa shape index (κ2) is 3.91. The van der Waals surface area contributed by atoms with Gasteiger partial charge in [0.25, 0.3) is 0 Å². The Labute approximate surface area is 118 Å². The molecule has 5 heteroatoms. The molecule has 2 N–H and O–H groups in total. The number of ether oxygens (including phenoxy) is 2. The van der Waals surface area contributed by atoms with Gasteiger partial charge >= 0.3 is 0 Å². The quantitative estimate of drug-likeness (QED) is 0.732. The van der Waals surface area contributed by atoms with Crippen molar-refractivity contribution in [3.05, 3.63) is 11.6 Å². The van der Waals surface area contributed by atoms with Crippen LogP contribution >= 0.6 is 0 Å². The molecule has 1 aliphatic heterocycles. The lowest BCUT2D eigenvalue weighted by Gasteiger charge is -2.43. The Balaban J connectivity index is 2.09. The van der Waals surface area contributed by atoms with Crippen LogP contribution in [0.1, 0.15) is 33.6 Å². The molecular formula is C15H22O5. The van der Waals surface area contributed by atoms with E-state index < -0.39 is 29.0 Å². The number of carbonyl (C=O) groups is 1. The first kappa shape index (κ1) is 14.2. The molecule has 0 radical (unpaired) electrons. The third kappa shape index (κ3) is 1.44. The maximum Gasteiger partial charge on any atom is 0.242 e. The SMILES string of the molecule is CO[C@]12OC(C)(C)[C@@H]3CC31[C@@H](O)C/C(=C\[C@H](C)O)C2=O. The molecule has 1 unspecified atom stereocenters. The highest BCUT2D eigenvalue weighted by atomic mass is 16.7. The number of ketones is 1. The lowest BCUT2D eigenvalue weighted by atomic mass is 9.73. The normalized spacial score (nSPS) is 48.9. The van der Waals surface area contributed by atoms with Crippen LogP contribution in [-0.4, -0.2) is 46.7 Å². The second-order valence-electron chi connectivity index (χ2n) is 6.80. The van der Waals surface area contributed by atoms with Crippen molar-refractivity contribution in [2.45, 2.75) is 57.2 Å². The maximum absolute atomic E-state index is 12.8. The molecule has 0 amide bonds. The molecule has 0 aromatic heterocycles. The number of carbonyl (C=O) groups excluding carboxylic acids is 1. The van der Waals surface area contributed by atoms with Crippen LogP contribution in [0, 0.1) is 11.3 Å². The molecule has 5 atom stereocenters. The molecule has 3 aliphatic rings. The average Bonchev–Trinajstić information content (AvgIpc) is 3.06. The van der Waals surface area contributed by atoms with Crippen LogP contribution in [0.15, 0.2) is 11.6 Å². The van der Waals surface area contributed by atoms with E-state index in [1.807, 2.05) is 13.8 Å². The molecule has 20 heavy (non-hydrogen) atoms. The summed E-state index contributed by atoms with van der Waals surface area (Å²) in [5, 5.41) is 20.1. The van der Waals surface area contributed by atoms with Crippen molar-refractivity contribution in [2.24, 2.45) is 11.3 Å². The smallest absolute Gasteiger partial charge is 0.242 e. The summed E-state index contributed by atoms with van der Waals surface area (Å²) in [7, 11) is 1.45. The van der Waals surface area contributed by atoms with Crippen LogP contribution in [0.3, 0.4) is 0 Å². The van der Waals surface area contributed by atoms with Crippen molar-refractivity contribution in [2.75, 3.05) is 7.11 Å². The summed E-state index contributed by atoms with van der Waals surface area (Å²) in [6.07, 6.45) is 1.05. The van der Waals surface area contributed by atoms with Crippen LogP contribution in [-0.2, 0) is 14.3 Å². The van der Waals surface area contributed by atoms with Crippen LogP contribution in [0.25, 0.3) is 0 Å². The number of Topliss-reactive ketones (excluding diaryl/α,β-unsaturated/α-hetero) is 1. The van der Waals surface area contributed by atoms with Gasteiger partial charge < -0.3 is 19.7 Å². The minimum atomic E-state index is -1.40. The lowest BCUT2D eigenvalue weighted by molar-refractivity contribution is -0.267. The van der Waals surface area contributed by atoms with Gasteiger partial charge in [-0.1, -0.05) is 0 Å².